The van der Waals surface area contributed by atoms with Crippen molar-refractivity contribution in [3.05, 3.63) is 29.8 Å². The standard InChI is InChI=1S/C16H21N3O/c1-13(11-17)19-8-6-18(7-9-19)12-15-10-14-4-2-3-5-16(14)20-15/h2-5,13,15H,6-10,12H2,1H3. The highest BCUT2D eigenvalue weighted by Crippen LogP contribution is 2.28. The number of benzene rings is 1. The number of fused-ring (bicyclic) bond motifs is 1. The first kappa shape index (κ1) is 13.4. The first-order valence-corrected chi connectivity index (χ1v) is 7.37. The number of nitrogens with zero attached hydrogens (tertiary/aromatic N) is 3. The number of rotatable bonds is 3. The molecule has 1 aromatic rings. The molecular weight excluding hydrogens is 250 g/mol. The zero-order valence-electron chi connectivity index (χ0n) is 12.0. The molecule has 1 saturated heterocycles. The molecule has 2 heterocycles. The Morgan fingerprint density at radius 2 is 2.05 bits per heavy atom. The summed E-state index contributed by atoms with van der Waals surface area (Å²) in [6.45, 7) is 6.99. The zero-order chi connectivity index (χ0) is 13.9. The number of hydrogen-bond acceptors (Lipinski definition) is 4. The maximum Gasteiger partial charge on any atom is 0.123 e. The van der Waals surface area contributed by atoms with Crippen LogP contribution in [0, 0.1) is 11.3 Å². The van der Waals surface area contributed by atoms with Crippen LogP contribution in [-0.2, 0) is 6.42 Å². The van der Waals surface area contributed by atoms with Crippen molar-refractivity contribution in [3.8, 4) is 11.8 Å². The molecule has 2 unspecified atom stereocenters. The quantitative estimate of drug-likeness (QED) is 0.835. The summed E-state index contributed by atoms with van der Waals surface area (Å²) in [4.78, 5) is 4.71. The summed E-state index contributed by atoms with van der Waals surface area (Å²) in [7, 11) is 0. The van der Waals surface area contributed by atoms with Crippen LogP contribution >= 0.6 is 0 Å². The van der Waals surface area contributed by atoms with Gasteiger partial charge in [-0.2, -0.15) is 5.26 Å². The summed E-state index contributed by atoms with van der Waals surface area (Å²) in [5.74, 6) is 1.05. The molecule has 106 valence electrons. The molecule has 4 heteroatoms. The molecule has 0 bridgehead atoms. The topological polar surface area (TPSA) is 39.5 Å². The van der Waals surface area contributed by atoms with E-state index in [2.05, 4.69) is 34.1 Å². The number of hydrogen-bond donors (Lipinski definition) is 0. The Morgan fingerprint density at radius 1 is 1.30 bits per heavy atom. The smallest absolute Gasteiger partial charge is 0.123 e. The van der Waals surface area contributed by atoms with Crippen molar-refractivity contribution in [2.45, 2.75) is 25.5 Å². The van der Waals surface area contributed by atoms with Crippen LogP contribution in [0.3, 0.4) is 0 Å². The summed E-state index contributed by atoms with van der Waals surface area (Å²) in [5.41, 5.74) is 1.33. The fourth-order valence-electron chi connectivity index (χ4n) is 3.06. The third-order valence-corrected chi connectivity index (χ3v) is 4.32. The number of nitriles is 1. The van der Waals surface area contributed by atoms with E-state index in [0.717, 1.165) is 44.9 Å². The number of para-hydroxylation sites is 1. The van der Waals surface area contributed by atoms with Crippen LogP contribution in [0.15, 0.2) is 24.3 Å². The van der Waals surface area contributed by atoms with Gasteiger partial charge in [-0.05, 0) is 18.6 Å². The van der Waals surface area contributed by atoms with Gasteiger partial charge in [0.25, 0.3) is 0 Å². The maximum absolute atomic E-state index is 8.96. The SMILES string of the molecule is CC(C#N)N1CCN(CC2Cc3ccccc3O2)CC1. The molecule has 0 radical (unpaired) electrons. The van der Waals surface area contributed by atoms with Gasteiger partial charge < -0.3 is 4.74 Å². The van der Waals surface area contributed by atoms with Crippen LogP contribution in [0.4, 0.5) is 0 Å². The maximum atomic E-state index is 8.96. The average Bonchev–Trinajstić information content (AvgIpc) is 2.89. The van der Waals surface area contributed by atoms with E-state index in [1.807, 2.05) is 13.0 Å². The van der Waals surface area contributed by atoms with Crippen molar-refractivity contribution in [1.29, 1.82) is 5.26 Å². The summed E-state index contributed by atoms with van der Waals surface area (Å²) < 4.78 is 6.00. The largest absolute Gasteiger partial charge is 0.488 e. The van der Waals surface area contributed by atoms with Gasteiger partial charge in [-0.1, -0.05) is 18.2 Å². The minimum absolute atomic E-state index is 0.0316. The predicted molar refractivity (Wildman–Crippen MR) is 77.7 cm³/mol. The second-order valence-corrected chi connectivity index (χ2v) is 5.69. The Bertz CT molecular complexity index is 478. The summed E-state index contributed by atoms with van der Waals surface area (Å²) in [5, 5.41) is 8.96. The van der Waals surface area contributed by atoms with Gasteiger partial charge in [-0.15, -0.1) is 0 Å². The minimum Gasteiger partial charge on any atom is -0.488 e. The number of piperazine rings is 1. The second kappa shape index (κ2) is 5.82. The van der Waals surface area contributed by atoms with Crippen LogP contribution < -0.4 is 4.74 Å². The highest BCUT2D eigenvalue weighted by atomic mass is 16.5. The minimum atomic E-state index is 0.0316. The van der Waals surface area contributed by atoms with E-state index in [1.165, 1.54) is 5.56 Å². The Morgan fingerprint density at radius 3 is 2.75 bits per heavy atom. The van der Waals surface area contributed by atoms with E-state index >= 15 is 0 Å². The van der Waals surface area contributed by atoms with Crippen molar-refractivity contribution < 1.29 is 4.74 Å². The van der Waals surface area contributed by atoms with E-state index in [1.54, 1.807) is 0 Å². The molecule has 2 aliphatic rings. The van der Waals surface area contributed by atoms with Gasteiger partial charge in [0.1, 0.15) is 11.9 Å². The highest BCUT2D eigenvalue weighted by molar-refractivity contribution is 5.37. The van der Waals surface area contributed by atoms with Crippen molar-refractivity contribution in [3.63, 3.8) is 0 Å². The summed E-state index contributed by atoms with van der Waals surface area (Å²) >= 11 is 0. The molecule has 2 aliphatic heterocycles. The van der Waals surface area contributed by atoms with Gasteiger partial charge in [0, 0.05) is 39.1 Å². The lowest BCUT2D eigenvalue weighted by Crippen LogP contribution is -2.51. The summed E-state index contributed by atoms with van der Waals surface area (Å²) in [6, 6.07) is 10.7. The Balaban J connectivity index is 1.49. The average molecular weight is 271 g/mol. The zero-order valence-corrected chi connectivity index (χ0v) is 12.0. The Hall–Kier alpha value is -1.57. The van der Waals surface area contributed by atoms with Gasteiger partial charge in [0.05, 0.1) is 12.1 Å². The number of ether oxygens (including phenoxy) is 1. The Labute approximate surface area is 120 Å². The summed E-state index contributed by atoms with van der Waals surface area (Å²) in [6.07, 6.45) is 1.30. The third kappa shape index (κ3) is 2.79. The van der Waals surface area contributed by atoms with Gasteiger partial charge in [-0.25, -0.2) is 0 Å². The molecule has 0 amide bonds. The molecule has 1 fully saturated rings. The molecule has 20 heavy (non-hydrogen) atoms. The van der Waals surface area contributed by atoms with E-state index in [9.17, 15) is 0 Å². The molecule has 0 saturated carbocycles. The predicted octanol–water partition coefficient (Wildman–Crippen LogP) is 1.52. The molecular formula is C16H21N3O. The van der Waals surface area contributed by atoms with Gasteiger partial charge in [0.15, 0.2) is 0 Å². The second-order valence-electron chi connectivity index (χ2n) is 5.69. The molecule has 4 nitrogen and oxygen atoms in total. The van der Waals surface area contributed by atoms with E-state index in [-0.39, 0.29) is 12.1 Å². The van der Waals surface area contributed by atoms with E-state index in [0.29, 0.717) is 0 Å². The van der Waals surface area contributed by atoms with E-state index in [4.69, 9.17) is 10.00 Å². The van der Waals surface area contributed by atoms with Crippen LogP contribution in [0.2, 0.25) is 0 Å². The highest BCUT2D eigenvalue weighted by Gasteiger charge is 2.27. The molecule has 2 atom stereocenters. The van der Waals surface area contributed by atoms with Gasteiger partial charge in [-0.3, -0.25) is 9.80 Å². The van der Waals surface area contributed by atoms with Crippen molar-refractivity contribution in [2.24, 2.45) is 0 Å². The third-order valence-electron chi connectivity index (χ3n) is 4.32. The molecule has 1 aromatic carbocycles. The first-order chi connectivity index (χ1) is 9.76. The lowest BCUT2D eigenvalue weighted by atomic mass is 10.1. The van der Waals surface area contributed by atoms with Crippen molar-refractivity contribution in [1.82, 2.24) is 9.80 Å². The molecule has 0 N–H and O–H groups in total. The van der Waals surface area contributed by atoms with Crippen LogP contribution in [0.1, 0.15) is 12.5 Å². The van der Waals surface area contributed by atoms with E-state index < -0.39 is 0 Å². The molecule has 0 spiro atoms. The first-order valence-electron chi connectivity index (χ1n) is 7.37. The molecule has 0 aromatic heterocycles. The van der Waals surface area contributed by atoms with Crippen LogP contribution in [0.5, 0.6) is 5.75 Å². The van der Waals surface area contributed by atoms with Crippen LogP contribution in [0.25, 0.3) is 0 Å². The normalized spacial score (nSPS) is 24.7. The van der Waals surface area contributed by atoms with Gasteiger partial charge >= 0.3 is 0 Å². The van der Waals surface area contributed by atoms with Crippen molar-refractivity contribution >= 4 is 0 Å². The molecule has 3 rings (SSSR count). The monoisotopic (exact) mass is 271 g/mol. The Kier molecular flexibility index (Phi) is 3.90. The lowest BCUT2D eigenvalue weighted by Gasteiger charge is -2.36. The van der Waals surface area contributed by atoms with Gasteiger partial charge in [0.2, 0.25) is 0 Å². The van der Waals surface area contributed by atoms with Crippen molar-refractivity contribution in [2.75, 3.05) is 32.7 Å². The van der Waals surface area contributed by atoms with Crippen LogP contribution in [-0.4, -0.2) is 54.7 Å². The molecule has 0 aliphatic carbocycles. The fourth-order valence-corrected chi connectivity index (χ4v) is 3.06. The fraction of sp³-hybridized carbons (Fsp3) is 0.562. The lowest BCUT2D eigenvalue weighted by molar-refractivity contribution is 0.0846.